The molecule has 0 saturated heterocycles. The van der Waals surface area contributed by atoms with E-state index in [4.69, 9.17) is 4.74 Å². The number of alkyl carbamates (subject to hydrolysis) is 1. The fourth-order valence-electron chi connectivity index (χ4n) is 5.51. The van der Waals surface area contributed by atoms with E-state index in [1.807, 2.05) is 52.1 Å². The van der Waals surface area contributed by atoms with Gasteiger partial charge in [0.2, 0.25) is 11.8 Å². The van der Waals surface area contributed by atoms with Crippen molar-refractivity contribution in [2.75, 3.05) is 18.6 Å². The van der Waals surface area contributed by atoms with Gasteiger partial charge in [0.1, 0.15) is 17.7 Å². The standard InChI is InChI=1S/C34H57N3O4S/c1-8-9-10-11-12-16-22-37(32(39)29(21-23-42-7)36-33(40)41-34(4,5)6)30(27-20-19-25(2)26(3)24-27)31(38)35-28-17-14-13-15-18-28/h19-20,24,28-30H,8-18,21-23H2,1-7H3,(H,35,38)(H,36,40). The highest BCUT2D eigenvalue weighted by atomic mass is 32.2. The van der Waals surface area contributed by atoms with Gasteiger partial charge in [0.05, 0.1) is 0 Å². The van der Waals surface area contributed by atoms with Crippen LogP contribution in [0.3, 0.4) is 0 Å². The molecule has 0 heterocycles. The van der Waals surface area contributed by atoms with Crippen LogP contribution in [-0.4, -0.2) is 59.0 Å². The largest absolute Gasteiger partial charge is 0.444 e. The first-order valence-electron chi connectivity index (χ1n) is 16.1. The third-order valence-corrected chi connectivity index (χ3v) is 8.64. The molecule has 0 aliphatic heterocycles. The molecule has 238 valence electrons. The number of thioether (sulfide) groups is 1. The lowest BCUT2D eigenvalue weighted by molar-refractivity contribution is -0.143. The zero-order valence-corrected chi connectivity index (χ0v) is 28.2. The second-order valence-electron chi connectivity index (χ2n) is 12.9. The summed E-state index contributed by atoms with van der Waals surface area (Å²) in [7, 11) is 0. The van der Waals surface area contributed by atoms with Crippen molar-refractivity contribution < 1.29 is 19.1 Å². The summed E-state index contributed by atoms with van der Waals surface area (Å²) >= 11 is 1.62. The topological polar surface area (TPSA) is 87.7 Å². The number of benzene rings is 1. The molecule has 42 heavy (non-hydrogen) atoms. The van der Waals surface area contributed by atoms with E-state index >= 15 is 0 Å². The number of carbonyl (C=O) groups is 3. The molecule has 0 spiro atoms. The number of aryl methyl sites for hydroxylation is 2. The van der Waals surface area contributed by atoms with Gasteiger partial charge < -0.3 is 20.3 Å². The van der Waals surface area contributed by atoms with Crippen LogP contribution in [0.4, 0.5) is 4.79 Å². The highest BCUT2D eigenvalue weighted by Crippen LogP contribution is 2.28. The van der Waals surface area contributed by atoms with E-state index in [-0.39, 0.29) is 17.9 Å². The molecule has 0 radical (unpaired) electrons. The van der Waals surface area contributed by atoms with Crippen molar-refractivity contribution in [3.63, 3.8) is 0 Å². The Balaban J connectivity index is 2.46. The Bertz CT molecular complexity index is 987. The molecular formula is C34H57N3O4S. The first kappa shape index (κ1) is 36.0. The summed E-state index contributed by atoms with van der Waals surface area (Å²) in [5.74, 6) is 0.329. The van der Waals surface area contributed by atoms with Crippen LogP contribution in [0.25, 0.3) is 0 Å². The fourth-order valence-corrected chi connectivity index (χ4v) is 5.98. The molecule has 3 amide bonds. The minimum atomic E-state index is -0.788. The van der Waals surface area contributed by atoms with Crippen LogP contribution in [0.15, 0.2) is 18.2 Å². The van der Waals surface area contributed by atoms with Crippen LogP contribution < -0.4 is 10.6 Å². The van der Waals surface area contributed by atoms with Gasteiger partial charge in [0.25, 0.3) is 0 Å². The highest BCUT2D eigenvalue weighted by Gasteiger charge is 2.37. The number of unbranched alkanes of at least 4 members (excludes halogenated alkanes) is 5. The fraction of sp³-hybridized carbons (Fsp3) is 0.735. The van der Waals surface area contributed by atoms with Gasteiger partial charge in [0, 0.05) is 12.6 Å². The highest BCUT2D eigenvalue weighted by molar-refractivity contribution is 7.98. The van der Waals surface area contributed by atoms with Gasteiger partial charge in [-0.15, -0.1) is 0 Å². The number of nitrogens with zero attached hydrogens (tertiary/aromatic N) is 1. The molecule has 0 aromatic heterocycles. The zero-order valence-electron chi connectivity index (χ0n) is 27.4. The predicted octanol–water partition coefficient (Wildman–Crippen LogP) is 7.63. The van der Waals surface area contributed by atoms with Crippen molar-refractivity contribution in [2.24, 2.45) is 0 Å². The molecular weight excluding hydrogens is 546 g/mol. The second kappa shape index (κ2) is 18.4. The Labute approximate surface area is 259 Å². The molecule has 2 N–H and O–H groups in total. The summed E-state index contributed by atoms with van der Waals surface area (Å²) in [5.41, 5.74) is 2.35. The van der Waals surface area contributed by atoms with Gasteiger partial charge in [-0.3, -0.25) is 9.59 Å². The minimum Gasteiger partial charge on any atom is -0.444 e. The van der Waals surface area contributed by atoms with Crippen LogP contribution in [0.2, 0.25) is 0 Å². The Kier molecular flexibility index (Phi) is 15.8. The summed E-state index contributed by atoms with van der Waals surface area (Å²) in [4.78, 5) is 43.2. The van der Waals surface area contributed by atoms with Crippen molar-refractivity contribution in [1.29, 1.82) is 0 Å². The number of hydrogen-bond acceptors (Lipinski definition) is 5. The lowest BCUT2D eigenvalue weighted by Gasteiger charge is -2.36. The van der Waals surface area contributed by atoms with Crippen LogP contribution in [-0.2, 0) is 14.3 Å². The van der Waals surface area contributed by atoms with Crippen LogP contribution in [0.1, 0.15) is 127 Å². The normalized spacial score (nSPS) is 15.5. The summed E-state index contributed by atoms with van der Waals surface area (Å²) in [6, 6.07) is 4.62. The number of hydrogen-bond donors (Lipinski definition) is 2. The van der Waals surface area contributed by atoms with E-state index in [9.17, 15) is 14.4 Å². The molecule has 1 aromatic rings. The van der Waals surface area contributed by atoms with Gasteiger partial charge in [-0.2, -0.15) is 11.8 Å². The lowest BCUT2D eigenvalue weighted by Crippen LogP contribution is -2.54. The maximum Gasteiger partial charge on any atom is 0.408 e. The van der Waals surface area contributed by atoms with E-state index in [2.05, 4.69) is 24.5 Å². The molecule has 2 rings (SSSR count). The predicted molar refractivity (Wildman–Crippen MR) is 175 cm³/mol. The van der Waals surface area contributed by atoms with Crippen LogP contribution in [0, 0.1) is 13.8 Å². The molecule has 2 atom stereocenters. The van der Waals surface area contributed by atoms with E-state index in [1.54, 1.807) is 16.7 Å². The van der Waals surface area contributed by atoms with Gasteiger partial charge in [-0.25, -0.2) is 4.79 Å². The first-order chi connectivity index (χ1) is 20.0. The second-order valence-corrected chi connectivity index (χ2v) is 13.9. The smallest absolute Gasteiger partial charge is 0.408 e. The third-order valence-electron chi connectivity index (χ3n) is 7.99. The molecule has 2 unspecified atom stereocenters. The average molecular weight is 604 g/mol. The van der Waals surface area contributed by atoms with Crippen LogP contribution in [0.5, 0.6) is 0 Å². The monoisotopic (exact) mass is 603 g/mol. The maximum atomic E-state index is 14.4. The Morgan fingerprint density at radius 1 is 1.00 bits per heavy atom. The van der Waals surface area contributed by atoms with Crippen molar-refractivity contribution in [3.8, 4) is 0 Å². The van der Waals surface area contributed by atoms with E-state index in [1.165, 1.54) is 25.7 Å². The first-order valence-corrected chi connectivity index (χ1v) is 17.5. The van der Waals surface area contributed by atoms with Crippen molar-refractivity contribution in [1.82, 2.24) is 15.5 Å². The zero-order chi connectivity index (χ0) is 31.1. The third kappa shape index (κ3) is 12.6. The number of ether oxygens (including phenoxy) is 1. The Hall–Kier alpha value is -2.22. The molecule has 0 bridgehead atoms. The maximum absolute atomic E-state index is 14.4. The molecule has 1 saturated carbocycles. The van der Waals surface area contributed by atoms with Crippen molar-refractivity contribution >= 4 is 29.7 Å². The summed E-state index contributed by atoms with van der Waals surface area (Å²) in [6.07, 6.45) is 13.6. The lowest BCUT2D eigenvalue weighted by atomic mass is 9.94. The summed E-state index contributed by atoms with van der Waals surface area (Å²) < 4.78 is 5.53. The summed E-state index contributed by atoms with van der Waals surface area (Å²) in [6.45, 7) is 12.2. The van der Waals surface area contributed by atoms with Crippen molar-refractivity contribution in [3.05, 3.63) is 34.9 Å². The van der Waals surface area contributed by atoms with Crippen LogP contribution >= 0.6 is 11.8 Å². The molecule has 7 nitrogen and oxygen atoms in total. The van der Waals surface area contributed by atoms with Crippen molar-refractivity contribution in [2.45, 2.75) is 142 Å². The number of amides is 3. The van der Waals surface area contributed by atoms with Gasteiger partial charge >= 0.3 is 6.09 Å². The number of carbonyl (C=O) groups excluding carboxylic acids is 3. The number of rotatable bonds is 16. The molecule has 1 aliphatic carbocycles. The quantitative estimate of drug-likeness (QED) is 0.190. The number of nitrogens with one attached hydrogen (secondary N) is 2. The Morgan fingerprint density at radius 3 is 2.29 bits per heavy atom. The average Bonchev–Trinajstić information content (AvgIpc) is 2.93. The SMILES string of the molecule is CCCCCCCCN(C(=O)C(CCSC)NC(=O)OC(C)(C)C)C(C(=O)NC1CCCCC1)c1ccc(C)c(C)c1. The van der Waals surface area contributed by atoms with E-state index in [0.717, 1.165) is 61.6 Å². The van der Waals surface area contributed by atoms with Gasteiger partial charge in [-0.05, 0) is 89.0 Å². The molecule has 1 aliphatic rings. The molecule has 1 fully saturated rings. The van der Waals surface area contributed by atoms with Gasteiger partial charge in [0.15, 0.2) is 0 Å². The van der Waals surface area contributed by atoms with E-state index < -0.39 is 23.8 Å². The Morgan fingerprint density at radius 2 is 1.67 bits per heavy atom. The van der Waals surface area contributed by atoms with E-state index in [0.29, 0.717) is 18.7 Å². The summed E-state index contributed by atoms with van der Waals surface area (Å²) in [5, 5.41) is 6.17. The van der Waals surface area contributed by atoms with Gasteiger partial charge in [-0.1, -0.05) is 76.5 Å². The molecule has 1 aromatic carbocycles. The minimum absolute atomic E-state index is 0.124. The molecule has 8 heteroatoms.